The molecule has 42 heavy (non-hydrogen) atoms. The second-order valence-corrected chi connectivity index (χ2v) is 14.2. The third-order valence-electron chi connectivity index (χ3n) is 7.01. The number of phosphoric acid groups is 2. The van der Waals surface area contributed by atoms with E-state index in [9.17, 15) is 18.9 Å². The van der Waals surface area contributed by atoms with Gasteiger partial charge in [0.05, 0.1) is 26.4 Å². The van der Waals surface area contributed by atoms with Gasteiger partial charge in [-0.05, 0) is 25.7 Å². The van der Waals surface area contributed by atoms with Gasteiger partial charge < -0.3 is 9.79 Å². The second-order valence-electron chi connectivity index (χ2n) is 11.3. The maximum atomic E-state index is 11.6. The van der Waals surface area contributed by atoms with Crippen LogP contribution in [-0.4, -0.2) is 36.2 Å². The lowest BCUT2D eigenvalue weighted by Gasteiger charge is -2.12. The molecule has 0 fully saturated rings. The van der Waals surface area contributed by atoms with E-state index in [-0.39, 0.29) is 0 Å². The molecule has 2 N–H and O–H groups in total. The second kappa shape index (κ2) is 34.1. The monoisotopic (exact) mass is 644 g/mol. The van der Waals surface area contributed by atoms with Crippen LogP contribution < -0.4 is 0 Å². The lowest BCUT2D eigenvalue weighted by atomic mass is 10.1. The molecule has 0 radical (unpaired) electrons. The Balaban J connectivity index is 0. The van der Waals surface area contributed by atoms with Crippen molar-refractivity contribution in [3.8, 4) is 0 Å². The highest BCUT2D eigenvalue weighted by Gasteiger charge is 2.20. The third-order valence-corrected chi connectivity index (χ3v) is 9.04. The first kappa shape index (κ1) is 44.3. The molecule has 0 heterocycles. The van der Waals surface area contributed by atoms with Crippen LogP contribution in [0.3, 0.4) is 0 Å². The predicted molar refractivity (Wildman–Crippen MR) is 177 cm³/mol. The van der Waals surface area contributed by atoms with E-state index < -0.39 is 15.6 Å². The van der Waals surface area contributed by atoms with Crippen LogP contribution in [0, 0.1) is 0 Å². The number of rotatable bonds is 32. The highest BCUT2D eigenvalue weighted by molar-refractivity contribution is 7.47. The van der Waals surface area contributed by atoms with Crippen LogP contribution in [0.5, 0.6) is 0 Å². The number of hydrogen-bond acceptors (Lipinski definition) is 6. The van der Waals surface area contributed by atoms with Crippen LogP contribution in [-0.2, 0) is 27.2 Å². The maximum absolute atomic E-state index is 11.6. The SMILES string of the molecule is CCCCCCCCOP(=O)(O)OCCCCCCCC.CCCCCCCCOP(=O)(O)OCCCCCCCC. The van der Waals surface area contributed by atoms with Gasteiger partial charge in [0.1, 0.15) is 0 Å². The van der Waals surface area contributed by atoms with E-state index in [0.717, 1.165) is 51.4 Å². The Kier molecular flexibility index (Phi) is 36.0. The Labute approximate surface area is 260 Å². The fourth-order valence-electron chi connectivity index (χ4n) is 4.32. The first-order valence-electron chi connectivity index (χ1n) is 17.5. The van der Waals surface area contributed by atoms with Crippen LogP contribution in [0.1, 0.15) is 182 Å². The summed E-state index contributed by atoms with van der Waals surface area (Å²) in [5, 5.41) is 0. The van der Waals surface area contributed by atoms with Crippen molar-refractivity contribution >= 4 is 15.6 Å². The molecule has 0 aliphatic rings. The molecular formula is C32H70O8P2. The Morgan fingerprint density at radius 2 is 0.500 bits per heavy atom. The average molecular weight is 645 g/mol. The summed E-state index contributed by atoms with van der Waals surface area (Å²) >= 11 is 0. The molecule has 0 bridgehead atoms. The summed E-state index contributed by atoms with van der Waals surface area (Å²) < 4.78 is 43.1. The number of hydrogen-bond donors (Lipinski definition) is 2. The van der Waals surface area contributed by atoms with Crippen molar-refractivity contribution in [1.82, 2.24) is 0 Å². The van der Waals surface area contributed by atoms with Crippen molar-refractivity contribution in [2.24, 2.45) is 0 Å². The molecule has 0 aliphatic heterocycles. The molecule has 0 saturated carbocycles. The van der Waals surface area contributed by atoms with Gasteiger partial charge in [-0.1, -0.05) is 156 Å². The van der Waals surface area contributed by atoms with Gasteiger partial charge in [-0.15, -0.1) is 0 Å². The predicted octanol–water partition coefficient (Wildman–Crippen LogP) is 11.7. The fourth-order valence-corrected chi connectivity index (χ4v) is 5.91. The van der Waals surface area contributed by atoms with E-state index in [2.05, 4.69) is 27.7 Å². The molecule has 10 heteroatoms. The quantitative estimate of drug-likeness (QED) is 0.0549. The molecule has 256 valence electrons. The molecule has 0 amide bonds. The van der Waals surface area contributed by atoms with E-state index >= 15 is 0 Å². The van der Waals surface area contributed by atoms with Gasteiger partial charge >= 0.3 is 15.6 Å². The van der Waals surface area contributed by atoms with Crippen molar-refractivity contribution in [3.63, 3.8) is 0 Å². The zero-order valence-corrected chi connectivity index (χ0v) is 29.8. The Morgan fingerprint density at radius 3 is 0.690 bits per heavy atom. The number of phosphoric ester groups is 2. The maximum Gasteiger partial charge on any atom is 0.472 e. The molecule has 0 aromatic carbocycles. The molecule has 0 atom stereocenters. The minimum atomic E-state index is -3.82. The minimum absolute atomic E-state index is 0.316. The fraction of sp³-hybridized carbons (Fsp3) is 1.00. The average Bonchev–Trinajstić information content (AvgIpc) is 2.95. The van der Waals surface area contributed by atoms with Crippen molar-refractivity contribution in [1.29, 1.82) is 0 Å². The lowest BCUT2D eigenvalue weighted by molar-refractivity contribution is 0.144. The van der Waals surface area contributed by atoms with Gasteiger partial charge in [-0.2, -0.15) is 0 Å². The molecule has 0 spiro atoms. The van der Waals surface area contributed by atoms with Crippen LogP contribution in [0.4, 0.5) is 0 Å². The normalized spacial score (nSPS) is 12.0. The van der Waals surface area contributed by atoms with Crippen LogP contribution in [0.15, 0.2) is 0 Å². The smallest absolute Gasteiger partial charge is 0.302 e. The molecular weight excluding hydrogens is 574 g/mol. The zero-order chi connectivity index (χ0) is 31.6. The van der Waals surface area contributed by atoms with Crippen molar-refractivity contribution < 1.29 is 37.0 Å². The number of unbranched alkanes of at least 4 members (excludes halogenated alkanes) is 20. The van der Waals surface area contributed by atoms with Crippen LogP contribution in [0.25, 0.3) is 0 Å². The Hall–Kier alpha value is 0.220. The van der Waals surface area contributed by atoms with Crippen molar-refractivity contribution in [3.05, 3.63) is 0 Å². The van der Waals surface area contributed by atoms with E-state index in [0.29, 0.717) is 26.4 Å². The molecule has 8 nitrogen and oxygen atoms in total. The van der Waals surface area contributed by atoms with Gasteiger partial charge in [-0.3, -0.25) is 18.1 Å². The van der Waals surface area contributed by atoms with Gasteiger partial charge in [-0.25, -0.2) is 9.13 Å². The van der Waals surface area contributed by atoms with Crippen LogP contribution in [0.2, 0.25) is 0 Å². The van der Waals surface area contributed by atoms with E-state index in [1.807, 2.05) is 0 Å². The van der Waals surface area contributed by atoms with E-state index in [1.54, 1.807) is 0 Å². The Morgan fingerprint density at radius 1 is 0.333 bits per heavy atom. The van der Waals surface area contributed by atoms with E-state index in [4.69, 9.17) is 18.1 Å². The highest BCUT2D eigenvalue weighted by Crippen LogP contribution is 2.44. The van der Waals surface area contributed by atoms with Crippen LogP contribution >= 0.6 is 15.6 Å². The molecule has 0 saturated heterocycles. The minimum Gasteiger partial charge on any atom is -0.302 e. The third kappa shape index (κ3) is 38.2. The molecule has 0 aromatic heterocycles. The summed E-state index contributed by atoms with van der Waals surface area (Å²) in [4.78, 5) is 19.0. The van der Waals surface area contributed by atoms with E-state index in [1.165, 1.54) is 103 Å². The summed E-state index contributed by atoms with van der Waals surface area (Å²) in [6.45, 7) is 10.0. The highest BCUT2D eigenvalue weighted by atomic mass is 31.2. The molecule has 0 aromatic rings. The van der Waals surface area contributed by atoms with Crippen molar-refractivity contribution in [2.45, 2.75) is 182 Å². The summed E-state index contributed by atoms with van der Waals surface area (Å²) in [5.41, 5.74) is 0. The molecule has 0 unspecified atom stereocenters. The summed E-state index contributed by atoms with van der Waals surface area (Å²) in [7, 11) is -7.63. The first-order valence-corrected chi connectivity index (χ1v) is 20.5. The van der Waals surface area contributed by atoms with Gasteiger partial charge in [0.15, 0.2) is 0 Å². The largest absolute Gasteiger partial charge is 0.472 e. The molecule has 0 rings (SSSR count). The van der Waals surface area contributed by atoms with Gasteiger partial charge in [0.2, 0.25) is 0 Å². The lowest BCUT2D eigenvalue weighted by Crippen LogP contribution is -1.99. The van der Waals surface area contributed by atoms with Crippen molar-refractivity contribution in [2.75, 3.05) is 26.4 Å². The zero-order valence-electron chi connectivity index (χ0n) is 28.0. The topological polar surface area (TPSA) is 112 Å². The van der Waals surface area contributed by atoms with Gasteiger partial charge in [0, 0.05) is 0 Å². The molecule has 0 aliphatic carbocycles. The summed E-state index contributed by atoms with van der Waals surface area (Å²) in [6, 6.07) is 0. The first-order chi connectivity index (χ1) is 20.2. The Bertz CT molecular complexity index is 525. The summed E-state index contributed by atoms with van der Waals surface area (Å²) in [5.74, 6) is 0. The summed E-state index contributed by atoms with van der Waals surface area (Å²) in [6.07, 6.45) is 27.1. The standard InChI is InChI=1S/2C16H35O4P/c2*1-3-5-7-9-11-13-15-19-21(17,18)20-16-14-12-10-8-6-4-2/h2*3-16H2,1-2H3,(H,17,18). The van der Waals surface area contributed by atoms with Gasteiger partial charge in [0.25, 0.3) is 0 Å².